The van der Waals surface area contributed by atoms with Crippen molar-refractivity contribution in [3.63, 3.8) is 0 Å². The minimum absolute atomic E-state index is 0.186. The molecule has 0 amide bonds. The number of alkyl halides is 3. The first-order valence-corrected chi connectivity index (χ1v) is 4.03. The van der Waals surface area contributed by atoms with Crippen molar-refractivity contribution in [3.05, 3.63) is 30.2 Å². The van der Waals surface area contributed by atoms with Crippen LogP contribution in [0.15, 0.2) is 29.1 Å². The molecule has 0 saturated heterocycles. The second-order valence-corrected chi connectivity index (χ2v) is 2.73. The average molecular weight is 218 g/mol. The molecule has 6 heteroatoms. The van der Waals surface area contributed by atoms with Crippen LogP contribution >= 0.6 is 0 Å². The number of rotatable bonds is 3. The molecule has 0 aliphatic carbocycles. The van der Waals surface area contributed by atoms with Crippen molar-refractivity contribution in [2.75, 3.05) is 7.05 Å². The zero-order valence-corrected chi connectivity index (χ0v) is 7.85. The summed E-state index contributed by atoms with van der Waals surface area (Å²) in [6.45, 7) is 0. The Labute approximate surface area is 84.1 Å². The third-order valence-corrected chi connectivity index (χ3v) is 1.70. The van der Waals surface area contributed by atoms with E-state index in [2.05, 4.69) is 5.32 Å². The van der Waals surface area contributed by atoms with Crippen LogP contribution in [0.1, 0.15) is 5.56 Å². The Kier molecular flexibility index (Phi) is 3.18. The fraction of sp³-hybridized carbons (Fsp3) is 0.222. The molecule has 0 fully saturated rings. The summed E-state index contributed by atoms with van der Waals surface area (Å²) in [5.41, 5.74) is -0.759. The molecule has 0 aliphatic heterocycles. The molecule has 1 aromatic heterocycles. The lowest BCUT2D eigenvalue weighted by Gasteiger charge is -2.07. The molecule has 0 unspecified atom stereocenters. The molecule has 0 saturated carbocycles. The molecule has 82 valence electrons. The van der Waals surface area contributed by atoms with Crippen molar-refractivity contribution in [1.29, 1.82) is 5.41 Å². The summed E-state index contributed by atoms with van der Waals surface area (Å²) in [4.78, 5) is 0. The Hall–Kier alpha value is -1.72. The van der Waals surface area contributed by atoms with E-state index in [1.165, 1.54) is 25.6 Å². The molecule has 0 atom stereocenters. The predicted molar refractivity (Wildman–Crippen MR) is 49.5 cm³/mol. The molecular weight excluding hydrogens is 209 g/mol. The van der Waals surface area contributed by atoms with Crippen molar-refractivity contribution in [1.82, 2.24) is 5.32 Å². The molecule has 0 aliphatic rings. The second-order valence-electron chi connectivity index (χ2n) is 2.73. The van der Waals surface area contributed by atoms with Crippen LogP contribution in [0.5, 0.6) is 0 Å². The Morgan fingerprint density at radius 1 is 1.53 bits per heavy atom. The van der Waals surface area contributed by atoms with Gasteiger partial charge in [-0.05, 0) is 12.1 Å². The monoisotopic (exact) mass is 218 g/mol. The summed E-state index contributed by atoms with van der Waals surface area (Å²) < 4.78 is 40.9. The fourth-order valence-electron chi connectivity index (χ4n) is 0.944. The van der Waals surface area contributed by atoms with Gasteiger partial charge in [0.25, 0.3) is 0 Å². The van der Waals surface area contributed by atoms with Crippen molar-refractivity contribution >= 4 is 11.4 Å². The normalized spacial score (nSPS) is 12.7. The fourth-order valence-corrected chi connectivity index (χ4v) is 0.944. The first-order valence-electron chi connectivity index (χ1n) is 4.03. The number of allylic oxidation sites excluding steroid dienone is 1. The van der Waals surface area contributed by atoms with Gasteiger partial charge >= 0.3 is 6.18 Å². The van der Waals surface area contributed by atoms with Crippen LogP contribution in [-0.4, -0.2) is 18.9 Å². The van der Waals surface area contributed by atoms with Gasteiger partial charge < -0.3 is 9.73 Å². The van der Waals surface area contributed by atoms with Gasteiger partial charge in [0.05, 0.1) is 12.5 Å². The van der Waals surface area contributed by atoms with Gasteiger partial charge in [0.2, 0.25) is 0 Å². The van der Waals surface area contributed by atoms with Gasteiger partial charge in [-0.15, -0.1) is 0 Å². The van der Waals surface area contributed by atoms with Crippen molar-refractivity contribution in [2.45, 2.75) is 6.18 Å². The van der Waals surface area contributed by atoms with Crippen molar-refractivity contribution in [2.24, 2.45) is 0 Å². The van der Waals surface area contributed by atoms with Gasteiger partial charge in [-0.25, -0.2) is 0 Å². The van der Waals surface area contributed by atoms with Gasteiger partial charge in [0.15, 0.2) is 0 Å². The molecular formula is C9H9F3N2O. The Morgan fingerprint density at radius 3 is 2.60 bits per heavy atom. The lowest BCUT2D eigenvalue weighted by atomic mass is 10.2. The minimum atomic E-state index is -4.63. The van der Waals surface area contributed by atoms with Crippen LogP contribution in [-0.2, 0) is 0 Å². The van der Waals surface area contributed by atoms with Crippen LogP contribution in [0, 0.1) is 5.41 Å². The van der Waals surface area contributed by atoms with Crippen LogP contribution in [0.2, 0.25) is 0 Å². The molecule has 1 heterocycles. The topological polar surface area (TPSA) is 49.0 Å². The van der Waals surface area contributed by atoms with E-state index >= 15 is 0 Å². The van der Waals surface area contributed by atoms with E-state index in [1.54, 1.807) is 0 Å². The molecule has 0 spiro atoms. The second kappa shape index (κ2) is 4.20. The quantitative estimate of drug-likeness (QED) is 0.765. The third-order valence-electron chi connectivity index (χ3n) is 1.70. The number of nitrogens with one attached hydrogen (secondary N) is 2. The maximum atomic E-state index is 12.1. The first-order chi connectivity index (χ1) is 6.95. The zero-order chi connectivity index (χ0) is 11.5. The summed E-state index contributed by atoms with van der Waals surface area (Å²) in [6, 6.07) is 1.51. The highest BCUT2D eigenvalue weighted by Gasteiger charge is 2.32. The number of halogens is 3. The van der Waals surface area contributed by atoms with Crippen LogP contribution < -0.4 is 5.32 Å². The Morgan fingerprint density at radius 2 is 2.20 bits per heavy atom. The third kappa shape index (κ3) is 2.87. The summed E-state index contributed by atoms with van der Waals surface area (Å²) >= 11 is 0. The van der Waals surface area contributed by atoms with E-state index in [9.17, 15) is 13.2 Å². The molecule has 15 heavy (non-hydrogen) atoms. The van der Waals surface area contributed by atoms with Crippen LogP contribution in [0.3, 0.4) is 0 Å². The molecule has 3 nitrogen and oxygen atoms in total. The van der Waals surface area contributed by atoms with Gasteiger partial charge in [0, 0.05) is 18.3 Å². The summed E-state index contributed by atoms with van der Waals surface area (Å²) in [7, 11) is 1.47. The van der Waals surface area contributed by atoms with Crippen LogP contribution in [0.4, 0.5) is 13.2 Å². The molecule has 1 aromatic rings. The Bertz CT molecular complexity index is 365. The molecule has 2 N–H and O–H groups in total. The summed E-state index contributed by atoms with van der Waals surface area (Å²) in [6.07, 6.45) is -1.28. The first kappa shape index (κ1) is 11.4. The smallest absolute Gasteiger partial charge is 0.432 e. The predicted octanol–water partition coefficient (Wildman–Crippen LogP) is 2.42. The SMILES string of the molecule is CN/C(=C\C(=N)C(F)(F)F)c1ccoc1. The van der Waals surface area contributed by atoms with Crippen molar-refractivity contribution in [3.8, 4) is 0 Å². The van der Waals surface area contributed by atoms with Gasteiger partial charge in [-0.1, -0.05) is 0 Å². The number of hydrogen-bond acceptors (Lipinski definition) is 3. The highest BCUT2D eigenvalue weighted by Crippen LogP contribution is 2.20. The average Bonchev–Trinajstić information content (AvgIpc) is 2.64. The van der Waals surface area contributed by atoms with E-state index in [4.69, 9.17) is 9.83 Å². The number of furan rings is 1. The van der Waals surface area contributed by atoms with Crippen molar-refractivity contribution < 1.29 is 17.6 Å². The highest BCUT2D eigenvalue weighted by molar-refractivity contribution is 6.02. The molecule has 0 bridgehead atoms. The maximum absolute atomic E-state index is 12.1. The summed E-state index contributed by atoms with van der Waals surface area (Å²) in [5, 5.41) is 9.37. The highest BCUT2D eigenvalue weighted by atomic mass is 19.4. The minimum Gasteiger partial charge on any atom is -0.472 e. The lowest BCUT2D eigenvalue weighted by Crippen LogP contribution is -2.21. The van der Waals surface area contributed by atoms with E-state index in [1.807, 2.05) is 0 Å². The number of hydrogen-bond donors (Lipinski definition) is 2. The van der Waals surface area contributed by atoms with Gasteiger partial charge in [-0.3, -0.25) is 5.41 Å². The largest absolute Gasteiger partial charge is 0.472 e. The molecule has 0 aromatic carbocycles. The van der Waals surface area contributed by atoms with Gasteiger partial charge in [-0.2, -0.15) is 13.2 Å². The van der Waals surface area contributed by atoms with Gasteiger partial charge in [0.1, 0.15) is 5.71 Å². The zero-order valence-electron chi connectivity index (χ0n) is 7.85. The molecule has 1 rings (SSSR count). The standard InChI is InChI=1S/C9H9F3N2O/c1-14-7(6-2-3-15-5-6)4-8(13)9(10,11)12/h2-5,13-14H,1H3/b7-4-,13-8?. The van der Waals surface area contributed by atoms with E-state index in [0.717, 1.165) is 0 Å². The van der Waals surface area contributed by atoms with E-state index in [0.29, 0.717) is 11.6 Å². The van der Waals surface area contributed by atoms with E-state index in [-0.39, 0.29) is 5.70 Å². The summed E-state index contributed by atoms with van der Waals surface area (Å²) in [5.74, 6) is 0. The molecule has 0 radical (unpaired) electrons. The Balaban J connectivity index is 2.94. The van der Waals surface area contributed by atoms with E-state index < -0.39 is 11.9 Å². The maximum Gasteiger partial charge on any atom is 0.432 e. The van der Waals surface area contributed by atoms with Crippen LogP contribution in [0.25, 0.3) is 5.70 Å². The lowest BCUT2D eigenvalue weighted by molar-refractivity contribution is -0.0583.